The Hall–Kier alpha value is -2.53. The largest absolute Gasteiger partial charge is 0.496 e. The quantitative estimate of drug-likeness (QED) is 0.740. The maximum atomic E-state index is 12.4. The van der Waals surface area contributed by atoms with E-state index in [9.17, 15) is 4.79 Å². The normalized spacial score (nSPS) is 17.0. The number of benzene rings is 2. The first-order valence-electron chi connectivity index (χ1n) is 10.5. The molecule has 0 radical (unpaired) electrons. The summed E-state index contributed by atoms with van der Waals surface area (Å²) in [5.41, 5.74) is 2.38. The summed E-state index contributed by atoms with van der Waals surface area (Å²) in [6.07, 6.45) is 3.36. The van der Waals surface area contributed by atoms with Gasteiger partial charge in [-0.1, -0.05) is 48.5 Å². The number of nitrogens with one attached hydrogen (secondary N) is 1. The van der Waals surface area contributed by atoms with E-state index in [2.05, 4.69) is 22.3 Å². The number of amides is 2. The fraction of sp³-hybridized carbons (Fsp3) is 0.458. The van der Waals surface area contributed by atoms with Gasteiger partial charge in [0.05, 0.1) is 7.11 Å². The number of nitrogens with zero attached hydrogens (tertiary/aromatic N) is 2. The molecule has 1 N–H and O–H groups in total. The Morgan fingerprint density at radius 1 is 1.17 bits per heavy atom. The monoisotopic (exact) mass is 395 g/mol. The third-order valence-electron chi connectivity index (χ3n) is 5.66. The minimum absolute atomic E-state index is 0.00000143. The Kier molecular flexibility index (Phi) is 7.94. The smallest absolute Gasteiger partial charge is 0.317 e. The van der Waals surface area contributed by atoms with Gasteiger partial charge in [0.2, 0.25) is 0 Å². The number of urea groups is 1. The number of likely N-dealkylation sites (tertiary alicyclic amines) is 1. The second-order valence-electron chi connectivity index (χ2n) is 7.90. The number of ether oxygens (including phenoxy) is 1. The van der Waals surface area contributed by atoms with E-state index in [1.165, 1.54) is 18.4 Å². The molecule has 0 aliphatic carbocycles. The van der Waals surface area contributed by atoms with Crippen molar-refractivity contribution in [2.24, 2.45) is 5.92 Å². The predicted octanol–water partition coefficient (Wildman–Crippen LogP) is 3.79. The van der Waals surface area contributed by atoms with Crippen molar-refractivity contribution in [2.75, 3.05) is 40.3 Å². The number of para-hydroxylation sites is 1. The van der Waals surface area contributed by atoms with Gasteiger partial charge < -0.3 is 19.9 Å². The fourth-order valence-corrected chi connectivity index (χ4v) is 4.07. The number of rotatable bonds is 8. The van der Waals surface area contributed by atoms with Crippen LogP contribution in [0.15, 0.2) is 54.6 Å². The first-order valence-corrected chi connectivity index (χ1v) is 10.5. The van der Waals surface area contributed by atoms with E-state index in [4.69, 9.17) is 4.74 Å². The highest BCUT2D eigenvalue weighted by atomic mass is 16.5. The fourth-order valence-electron chi connectivity index (χ4n) is 4.07. The second-order valence-corrected chi connectivity index (χ2v) is 7.90. The van der Waals surface area contributed by atoms with Gasteiger partial charge in [-0.2, -0.15) is 0 Å². The highest BCUT2D eigenvalue weighted by Gasteiger charge is 2.22. The van der Waals surface area contributed by atoms with Crippen molar-refractivity contribution in [2.45, 2.75) is 25.8 Å². The van der Waals surface area contributed by atoms with Crippen LogP contribution in [-0.2, 0) is 13.0 Å². The van der Waals surface area contributed by atoms with Gasteiger partial charge in [-0.25, -0.2) is 4.79 Å². The summed E-state index contributed by atoms with van der Waals surface area (Å²) in [5.74, 6) is 1.49. The zero-order chi connectivity index (χ0) is 20.5. The van der Waals surface area contributed by atoms with Crippen LogP contribution in [0.4, 0.5) is 4.79 Å². The SMILES string of the molecule is COc1ccccc1CCN1CCCC(CN(C)C(=O)NCc2ccccc2)C1. The van der Waals surface area contributed by atoms with Gasteiger partial charge >= 0.3 is 6.03 Å². The summed E-state index contributed by atoms with van der Waals surface area (Å²) in [6.45, 7) is 4.58. The third kappa shape index (κ3) is 6.50. The molecule has 0 spiro atoms. The van der Waals surface area contributed by atoms with Crippen LogP contribution in [-0.4, -0.2) is 56.2 Å². The highest BCUT2D eigenvalue weighted by Crippen LogP contribution is 2.21. The van der Waals surface area contributed by atoms with E-state index in [1.54, 1.807) is 7.11 Å². The summed E-state index contributed by atoms with van der Waals surface area (Å²) in [5, 5.41) is 3.02. The van der Waals surface area contributed by atoms with Crippen LogP contribution < -0.4 is 10.1 Å². The molecule has 0 bridgehead atoms. The van der Waals surface area contributed by atoms with Gasteiger partial charge in [-0.3, -0.25) is 0 Å². The molecular weight excluding hydrogens is 362 g/mol. The maximum absolute atomic E-state index is 12.4. The van der Waals surface area contributed by atoms with Crippen LogP contribution in [0.3, 0.4) is 0 Å². The molecule has 0 saturated carbocycles. The Morgan fingerprint density at radius 3 is 2.72 bits per heavy atom. The van der Waals surface area contributed by atoms with E-state index in [0.29, 0.717) is 12.5 Å². The number of hydrogen-bond acceptors (Lipinski definition) is 3. The zero-order valence-electron chi connectivity index (χ0n) is 17.6. The van der Waals surface area contributed by atoms with Crippen LogP contribution >= 0.6 is 0 Å². The second kappa shape index (κ2) is 10.9. The van der Waals surface area contributed by atoms with E-state index in [0.717, 1.165) is 43.9 Å². The molecule has 1 atom stereocenters. The molecule has 1 fully saturated rings. The summed E-state index contributed by atoms with van der Waals surface area (Å²) < 4.78 is 5.47. The van der Waals surface area contributed by atoms with Gasteiger partial charge in [0, 0.05) is 33.2 Å². The molecular formula is C24H33N3O2. The molecule has 1 aliphatic heterocycles. The summed E-state index contributed by atoms with van der Waals surface area (Å²) in [4.78, 5) is 16.8. The van der Waals surface area contributed by atoms with Gasteiger partial charge in [0.25, 0.3) is 0 Å². The standard InChI is InChI=1S/C24H33N3O2/c1-26(24(28)25-17-20-9-4-3-5-10-20)18-21-11-8-15-27(19-21)16-14-22-12-6-7-13-23(22)29-2/h3-7,9-10,12-13,21H,8,11,14-19H2,1-2H3,(H,25,28). The van der Waals surface area contributed by atoms with E-state index in [-0.39, 0.29) is 6.03 Å². The molecule has 1 heterocycles. The Labute approximate surface area is 174 Å². The van der Waals surface area contributed by atoms with Gasteiger partial charge in [-0.15, -0.1) is 0 Å². The van der Waals surface area contributed by atoms with Crippen molar-refractivity contribution in [3.8, 4) is 5.75 Å². The van der Waals surface area contributed by atoms with Crippen molar-refractivity contribution in [1.29, 1.82) is 0 Å². The first kappa shape index (κ1) is 21.2. The number of carbonyl (C=O) groups excluding carboxylic acids is 1. The summed E-state index contributed by atoms with van der Waals surface area (Å²) >= 11 is 0. The van der Waals surface area contributed by atoms with Crippen molar-refractivity contribution < 1.29 is 9.53 Å². The molecule has 3 rings (SSSR count). The van der Waals surface area contributed by atoms with E-state index in [1.807, 2.05) is 54.4 Å². The number of hydrogen-bond donors (Lipinski definition) is 1. The number of piperidine rings is 1. The van der Waals surface area contributed by atoms with Crippen LogP contribution in [0, 0.1) is 5.92 Å². The van der Waals surface area contributed by atoms with Gasteiger partial charge in [-0.05, 0) is 48.9 Å². The lowest BCUT2D eigenvalue weighted by atomic mass is 9.97. The lowest BCUT2D eigenvalue weighted by molar-refractivity contribution is 0.146. The summed E-state index contributed by atoms with van der Waals surface area (Å²) in [6, 6.07) is 18.3. The average Bonchev–Trinajstić information content (AvgIpc) is 2.77. The van der Waals surface area contributed by atoms with E-state index < -0.39 is 0 Å². The Balaban J connectivity index is 1.43. The molecule has 1 unspecified atom stereocenters. The molecule has 0 aromatic heterocycles. The van der Waals surface area contributed by atoms with Crippen LogP contribution in [0.2, 0.25) is 0 Å². The van der Waals surface area contributed by atoms with Gasteiger partial charge in [0.1, 0.15) is 5.75 Å². The van der Waals surface area contributed by atoms with Gasteiger partial charge in [0.15, 0.2) is 0 Å². The summed E-state index contributed by atoms with van der Waals surface area (Å²) in [7, 11) is 3.63. The molecule has 156 valence electrons. The number of carbonyl (C=O) groups is 1. The Bertz CT molecular complexity index is 766. The van der Waals surface area contributed by atoms with Crippen LogP contribution in [0.1, 0.15) is 24.0 Å². The third-order valence-corrected chi connectivity index (χ3v) is 5.66. The molecule has 29 heavy (non-hydrogen) atoms. The Morgan fingerprint density at radius 2 is 1.93 bits per heavy atom. The molecule has 1 aliphatic rings. The molecule has 5 heteroatoms. The van der Waals surface area contributed by atoms with Crippen molar-refractivity contribution in [1.82, 2.24) is 15.1 Å². The highest BCUT2D eigenvalue weighted by molar-refractivity contribution is 5.73. The minimum atomic E-state index is -0.00000143. The van der Waals surface area contributed by atoms with Crippen LogP contribution in [0.25, 0.3) is 0 Å². The van der Waals surface area contributed by atoms with Crippen molar-refractivity contribution >= 4 is 6.03 Å². The molecule has 2 aromatic carbocycles. The minimum Gasteiger partial charge on any atom is -0.496 e. The first-order chi connectivity index (χ1) is 14.2. The number of methoxy groups -OCH3 is 1. The molecule has 1 saturated heterocycles. The molecule has 2 aromatic rings. The van der Waals surface area contributed by atoms with Crippen molar-refractivity contribution in [3.63, 3.8) is 0 Å². The lowest BCUT2D eigenvalue weighted by Crippen LogP contribution is -2.44. The topological polar surface area (TPSA) is 44.8 Å². The molecule has 5 nitrogen and oxygen atoms in total. The zero-order valence-corrected chi connectivity index (χ0v) is 17.6. The predicted molar refractivity (Wildman–Crippen MR) is 117 cm³/mol. The lowest BCUT2D eigenvalue weighted by Gasteiger charge is -2.34. The average molecular weight is 396 g/mol. The molecule has 2 amide bonds. The van der Waals surface area contributed by atoms with Crippen molar-refractivity contribution in [3.05, 3.63) is 65.7 Å². The maximum Gasteiger partial charge on any atom is 0.317 e. The van der Waals surface area contributed by atoms with Crippen LogP contribution in [0.5, 0.6) is 5.75 Å². The van der Waals surface area contributed by atoms with E-state index >= 15 is 0 Å².